The van der Waals surface area contributed by atoms with E-state index in [1.807, 2.05) is 16.2 Å². The van der Waals surface area contributed by atoms with Crippen LogP contribution in [-0.4, -0.2) is 39.0 Å². The Morgan fingerprint density at radius 3 is 2.77 bits per heavy atom. The summed E-state index contributed by atoms with van der Waals surface area (Å²) in [6, 6.07) is 0. The number of piperidine rings is 1. The maximum Gasteiger partial charge on any atom is 0.295 e. The van der Waals surface area contributed by atoms with Crippen LogP contribution in [0.2, 0.25) is 0 Å². The molecule has 1 aliphatic heterocycles. The third-order valence-corrected chi connectivity index (χ3v) is 5.78. The van der Waals surface area contributed by atoms with E-state index in [0.29, 0.717) is 11.8 Å². The normalized spacial score (nSPS) is 18.7. The van der Waals surface area contributed by atoms with Crippen molar-refractivity contribution in [2.45, 2.75) is 44.9 Å². The molecule has 2 aliphatic rings. The number of aryl methyl sites for hydroxylation is 3. The number of nitrogens with zero attached hydrogens (tertiary/aromatic N) is 4. The zero-order chi connectivity index (χ0) is 15.1. The van der Waals surface area contributed by atoms with Gasteiger partial charge in [-0.25, -0.2) is 4.98 Å². The maximum atomic E-state index is 12.3. The van der Waals surface area contributed by atoms with Gasteiger partial charge in [0, 0.05) is 30.8 Å². The lowest BCUT2D eigenvalue weighted by molar-refractivity contribution is 0.0697. The minimum Gasteiger partial charge on any atom is -0.339 e. The molecule has 0 aromatic carbocycles. The van der Waals surface area contributed by atoms with Crippen LogP contribution < -0.4 is 0 Å². The molecule has 1 saturated heterocycles. The monoisotopic (exact) mass is 318 g/mol. The molecule has 1 amide bonds. The molecule has 0 bridgehead atoms. The minimum absolute atomic E-state index is 0.128. The Morgan fingerprint density at radius 1 is 1.27 bits per heavy atom. The summed E-state index contributed by atoms with van der Waals surface area (Å²) in [6.07, 6.45) is 5.53. The smallest absolute Gasteiger partial charge is 0.295 e. The fourth-order valence-corrected chi connectivity index (χ4v) is 4.56. The molecule has 7 heteroatoms. The Kier molecular flexibility index (Phi) is 3.44. The predicted octanol–water partition coefficient (Wildman–Crippen LogP) is 2.34. The molecule has 0 atom stereocenters. The number of thiazole rings is 1. The van der Waals surface area contributed by atoms with E-state index < -0.39 is 0 Å². The molecule has 0 unspecified atom stereocenters. The summed E-state index contributed by atoms with van der Waals surface area (Å²) in [7, 11) is 0. The summed E-state index contributed by atoms with van der Waals surface area (Å²) in [5.41, 5.74) is 1.32. The van der Waals surface area contributed by atoms with Gasteiger partial charge in [0.15, 0.2) is 0 Å². The molecule has 22 heavy (non-hydrogen) atoms. The Morgan fingerprint density at radius 2 is 2.09 bits per heavy atom. The summed E-state index contributed by atoms with van der Waals surface area (Å²) in [4.78, 5) is 24.4. The molecule has 2 aromatic rings. The molecule has 116 valence electrons. The molecule has 1 aliphatic carbocycles. The maximum absolute atomic E-state index is 12.3. The lowest BCUT2D eigenvalue weighted by Gasteiger charge is -2.30. The first-order valence-corrected chi connectivity index (χ1v) is 8.60. The molecule has 0 N–H and O–H groups in total. The van der Waals surface area contributed by atoms with Crippen molar-refractivity contribution >= 4 is 17.2 Å². The number of rotatable bonds is 2. The second-order valence-electron chi connectivity index (χ2n) is 5.98. The van der Waals surface area contributed by atoms with Crippen LogP contribution in [0.25, 0.3) is 0 Å². The van der Waals surface area contributed by atoms with Gasteiger partial charge in [-0.05, 0) is 32.1 Å². The van der Waals surface area contributed by atoms with E-state index in [-0.39, 0.29) is 11.7 Å². The molecule has 4 rings (SSSR count). The van der Waals surface area contributed by atoms with Crippen molar-refractivity contribution in [1.29, 1.82) is 0 Å². The summed E-state index contributed by atoms with van der Waals surface area (Å²) in [5.74, 6) is 0.961. The van der Waals surface area contributed by atoms with Gasteiger partial charge < -0.3 is 9.42 Å². The van der Waals surface area contributed by atoms with Gasteiger partial charge >= 0.3 is 0 Å². The number of amides is 1. The van der Waals surface area contributed by atoms with Crippen molar-refractivity contribution in [2.24, 2.45) is 0 Å². The summed E-state index contributed by atoms with van der Waals surface area (Å²) >= 11 is 1.88. The van der Waals surface area contributed by atoms with Gasteiger partial charge in [-0.3, -0.25) is 4.79 Å². The van der Waals surface area contributed by atoms with Crippen molar-refractivity contribution in [3.8, 4) is 0 Å². The first-order chi connectivity index (χ1) is 10.7. The molecule has 2 aromatic heterocycles. The van der Waals surface area contributed by atoms with Crippen molar-refractivity contribution in [3.05, 3.63) is 27.3 Å². The average molecular weight is 318 g/mol. The molecule has 3 heterocycles. The average Bonchev–Trinajstić information content (AvgIpc) is 3.22. The van der Waals surface area contributed by atoms with Gasteiger partial charge in [-0.15, -0.1) is 11.3 Å². The second kappa shape index (κ2) is 5.46. The Labute approximate surface area is 132 Å². The van der Waals surface area contributed by atoms with Gasteiger partial charge in [-0.2, -0.15) is 4.98 Å². The van der Waals surface area contributed by atoms with Crippen molar-refractivity contribution in [3.63, 3.8) is 0 Å². The predicted molar refractivity (Wildman–Crippen MR) is 81.1 cm³/mol. The van der Waals surface area contributed by atoms with E-state index in [0.717, 1.165) is 32.4 Å². The minimum atomic E-state index is -0.128. The van der Waals surface area contributed by atoms with E-state index in [1.165, 1.54) is 28.4 Å². The van der Waals surface area contributed by atoms with Gasteiger partial charge in [-0.1, -0.05) is 5.16 Å². The largest absolute Gasteiger partial charge is 0.339 e. The SMILES string of the molecule is Cc1nc(C(=O)N2CCC(c3nc4c(s3)CCC4)CC2)no1. The third kappa shape index (κ3) is 2.43. The van der Waals surface area contributed by atoms with Crippen LogP contribution >= 0.6 is 11.3 Å². The molecule has 0 radical (unpaired) electrons. The van der Waals surface area contributed by atoms with Crippen LogP contribution in [0.15, 0.2) is 4.52 Å². The number of fused-ring (bicyclic) bond motifs is 1. The number of carbonyl (C=O) groups is 1. The highest BCUT2D eigenvalue weighted by Gasteiger charge is 2.29. The van der Waals surface area contributed by atoms with E-state index in [9.17, 15) is 4.79 Å². The van der Waals surface area contributed by atoms with Gasteiger partial charge in [0.2, 0.25) is 5.89 Å². The molecule has 1 fully saturated rings. The highest BCUT2D eigenvalue weighted by Crippen LogP contribution is 2.36. The van der Waals surface area contributed by atoms with Crippen LogP contribution in [-0.2, 0) is 12.8 Å². The summed E-state index contributed by atoms with van der Waals surface area (Å²) < 4.78 is 4.88. The third-order valence-electron chi connectivity index (χ3n) is 4.46. The van der Waals surface area contributed by atoms with Crippen molar-refractivity contribution in [1.82, 2.24) is 20.0 Å². The van der Waals surface area contributed by atoms with Crippen LogP contribution in [0, 0.1) is 6.92 Å². The van der Waals surface area contributed by atoms with Crippen LogP contribution in [0.3, 0.4) is 0 Å². The van der Waals surface area contributed by atoms with Crippen LogP contribution in [0.5, 0.6) is 0 Å². The number of hydrogen-bond donors (Lipinski definition) is 0. The zero-order valence-corrected chi connectivity index (χ0v) is 13.4. The first-order valence-electron chi connectivity index (χ1n) is 7.79. The van der Waals surface area contributed by atoms with E-state index in [4.69, 9.17) is 9.51 Å². The van der Waals surface area contributed by atoms with E-state index >= 15 is 0 Å². The number of carbonyl (C=O) groups excluding carboxylic acids is 1. The van der Waals surface area contributed by atoms with Gasteiger partial charge in [0.05, 0.1) is 10.7 Å². The second-order valence-corrected chi connectivity index (χ2v) is 7.09. The first kappa shape index (κ1) is 13.9. The molecule has 0 saturated carbocycles. The number of likely N-dealkylation sites (tertiary alicyclic amines) is 1. The standard InChI is InChI=1S/C15H18N4O2S/c1-9-16-13(18-21-9)15(20)19-7-5-10(6-8-19)14-17-11-3-2-4-12(11)22-14/h10H,2-8H2,1H3. The molecule has 6 nitrogen and oxygen atoms in total. The lowest BCUT2D eigenvalue weighted by atomic mass is 9.97. The molecular weight excluding hydrogens is 300 g/mol. The fourth-order valence-electron chi connectivity index (χ4n) is 3.24. The van der Waals surface area contributed by atoms with E-state index in [2.05, 4.69) is 10.1 Å². The van der Waals surface area contributed by atoms with Crippen molar-refractivity contribution in [2.75, 3.05) is 13.1 Å². The van der Waals surface area contributed by atoms with E-state index in [1.54, 1.807) is 6.92 Å². The quantitative estimate of drug-likeness (QED) is 0.850. The number of hydrogen-bond acceptors (Lipinski definition) is 6. The molecular formula is C15H18N4O2S. The Balaban J connectivity index is 1.40. The van der Waals surface area contributed by atoms with Gasteiger partial charge in [0.25, 0.3) is 11.7 Å². The zero-order valence-electron chi connectivity index (χ0n) is 12.5. The topological polar surface area (TPSA) is 72.1 Å². The lowest BCUT2D eigenvalue weighted by Crippen LogP contribution is -2.38. The highest BCUT2D eigenvalue weighted by molar-refractivity contribution is 7.11. The van der Waals surface area contributed by atoms with Crippen molar-refractivity contribution < 1.29 is 9.32 Å². The fraction of sp³-hybridized carbons (Fsp3) is 0.600. The Hall–Kier alpha value is -1.76. The molecule has 0 spiro atoms. The summed E-state index contributed by atoms with van der Waals surface area (Å²) in [5, 5.41) is 4.98. The highest BCUT2D eigenvalue weighted by atomic mass is 32.1. The Bertz CT molecular complexity index is 679. The van der Waals surface area contributed by atoms with Crippen LogP contribution in [0.1, 0.15) is 57.3 Å². The van der Waals surface area contributed by atoms with Gasteiger partial charge in [0.1, 0.15) is 0 Å². The number of aromatic nitrogens is 3. The summed E-state index contributed by atoms with van der Waals surface area (Å²) in [6.45, 7) is 3.17. The van der Waals surface area contributed by atoms with Crippen LogP contribution in [0.4, 0.5) is 0 Å².